The molecular formula is C10H6Cl2N4O4S. The average Bonchev–Trinajstić information content (AvgIpc) is 2.43. The molecule has 0 aliphatic rings. The maximum Gasteiger partial charge on any atom is 0.270 e. The van der Waals surface area contributed by atoms with E-state index in [4.69, 9.17) is 23.2 Å². The van der Waals surface area contributed by atoms with Crippen molar-refractivity contribution in [2.75, 3.05) is 4.72 Å². The van der Waals surface area contributed by atoms with E-state index in [2.05, 4.69) is 14.7 Å². The molecule has 0 fully saturated rings. The van der Waals surface area contributed by atoms with Crippen molar-refractivity contribution in [1.29, 1.82) is 0 Å². The van der Waals surface area contributed by atoms with Crippen molar-refractivity contribution in [2.45, 2.75) is 4.90 Å². The summed E-state index contributed by atoms with van der Waals surface area (Å²) >= 11 is 11.5. The number of hydrogen-bond donors (Lipinski definition) is 1. The molecule has 0 saturated heterocycles. The fraction of sp³-hybridized carbons (Fsp3) is 0. The lowest BCUT2D eigenvalue weighted by molar-refractivity contribution is -0.385. The molecule has 0 aliphatic heterocycles. The van der Waals surface area contributed by atoms with Crippen molar-refractivity contribution in [3.63, 3.8) is 0 Å². The van der Waals surface area contributed by atoms with Crippen molar-refractivity contribution in [3.8, 4) is 0 Å². The molecule has 1 heterocycles. The summed E-state index contributed by atoms with van der Waals surface area (Å²) in [7, 11) is -4.12. The Hall–Kier alpha value is -1.97. The van der Waals surface area contributed by atoms with Crippen molar-refractivity contribution in [1.82, 2.24) is 9.97 Å². The first-order valence-electron chi connectivity index (χ1n) is 5.24. The maximum atomic E-state index is 12.2. The smallest absolute Gasteiger partial charge is 0.270 e. The molecule has 2 aromatic rings. The van der Waals surface area contributed by atoms with Gasteiger partial charge in [0.05, 0.1) is 9.82 Å². The molecule has 2 rings (SSSR count). The summed E-state index contributed by atoms with van der Waals surface area (Å²) in [4.78, 5) is 16.9. The molecule has 11 heteroatoms. The van der Waals surface area contributed by atoms with E-state index in [1.807, 2.05) is 0 Å². The summed E-state index contributed by atoms with van der Waals surface area (Å²) in [5.41, 5.74) is -0.563. The number of halogens is 2. The highest BCUT2D eigenvalue weighted by Crippen LogP contribution is 2.29. The Balaban J connectivity index is 2.44. The van der Waals surface area contributed by atoms with Gasteiger partial charge in [0.15, 0.2) is 10.3 Å². The van der Waals surface area contributed by atoms with Gasteiger partial charge in [-0.1, -0.05) is 29.3 Å². The van der Waals surface area contributed by atoms with Crippen LogP contribution in [0.2, 0.25) is 10.3 Å². The summed E-state index contributed by atoms with van der Waals surface area (Å²) in [6.07, 6.45) is 1.07. The van der Waals surface area contributed by atoms with Gasteiger partial charge in [0.1, 0.15) is 12.0 Å². The molecule has 0 radical (unpaired) electrons. The third-order valence-corrected chi connectivity index (χ3v) is 4.25. The monoisotopic (exact) mass is 348 g/mol. The van der Waals surface area contributed by atoms with Crippen molar-refractivity contribution >= 4 is 44.6 Å². The van der Waals surface area contributed by atoms with Crippen molar-refractivity contribution < 1.29 is 13.3 Å². The number of nitrogens with zero attached hydrogens (tertiary/aromatic N) is 3. The Morgan fingerprint density at radius 2 is 1.81 bits per heavy atom. The Morgan fingerprint density at radius 1 is 1.19 bits per heavy atom. The van der Waals surface area contributed by atoms with Crippen molar-refractivity contribution in [2.24, 2.45) is 0 Å². The SMILES string of the molecule is O=[N+]([O-])c1cccc(S(=O)(=O)Nc2c(Cl)ncnc2Cl)c1. The molecule has 0 aliphatic carbocycles. The second-order valence-corrected chi connectivity index (χ2v) is 6.09. The highest BCUT2D eigenvalue weighted by molar-refractivity contribution is 7.92. The zero-order valence-corrected chi connectivity index (χ0v) is 12.4. The highest BCUT2D eigenvalue weighted by Gasteiger charge is 2.21. The fourth-order valence-corrected chi connectivity index (χ4v) is 3.02. The van der Waals surface area contributed by atoms with Gasteiger partial charge in [-0.2, -0.15) is 0 Å². The van der Waals surface area contributed by atoms with Crippen LogP contribution in [0.3, 0.4) is 0 Å². The second kappa shape index (κ2) is 5.80. The zero-order valence-electron chi connectivity index (χ0n) is 10.0. The average molecular weight is 349 g/mol. The fourth-order valence-electron chi connectivity index (χ4n) is 1.39. The molecule has 8 nitrogen and oxygen atoms in total. The molecule has 21 heavy (non-hydrogen) atoms. The van der Waals surface area contributed by atoms with Gasteiger partial charge in [0, 0.05) is 12.1 Å². The van der Waals surface area contributed by atoms with Crippen LogP contribution in [0.25, 0.3) is 0 Å². The van der Waals surface area contributed by atoms with E-state index >= 15 is 0 Å². The van der Waals surface area contributed by atoms with E-state index in [-0.39, 0.29) is 26.6 Å². The van der Waals surface area contributed by atoms with Gasteiger partial charge in [0.2, 0.25) is 0 Å². The van der Waals surface area contributed by atoms with E-state index in [9.17, 15) is 18.5 Å². The third kappa shape index (κ3) is 3.38. The molecule has 0 bridgehead atoms. The molecular weight excluding hydrogens is 343 g/mol. The minimum atomic E-state index is -4.12. The highest BCUT2D eigenvalue weighted by atomic mass is 35.5. The first-order valence-corrected chi connectivity index (χ1v) is 7.48. The van der Waals surface area contributed by atoms with Crippen LogP contribution in [0.4, 0.5) is 11.4 Å². The number of benzene rings is 1. The van der Waals surface area contributed by atoms with E-state index in [0.717, 1.165) is 12.4 Å². The van der Waals surface area contributed by atoms with Crippen LogP contribution in [-0.2, 0) is 10.0 Å². The number of hydrogen-bond acceptors (Lipinski definition) is 6. The number of rotatable bonds is 4. The van der Waals surface area contributed by atoms with Crippen LogP contribution in [-0.4, -0.2) is 23.3 Å². The Morgan fingerprint density at radius 3 is 2.38 bits per heavy atom. The molecule has 1 aromatic heterocycles. The van der Waals surface area contributed by atoms with Gasteiger partial charge >= 0.3 is 0 Å². The van der Waals surface area contributed by atoms with E-state index < -0.39 is 14.9 Å². The number of anilines is 1. The molecule has 1 aromatic carbocycles. The number of aromatic nitrogens is 2. The predicted molar refractivity (Wildman–Crippen MR) is 76.0 cm³/mol. The van der Waals surface area contributed by atoms with Crippen LogP contribution in [0.15, 0.2) is 35.5 Å². The van der Waals surface area contributed by atoms with Gasteiger partial charge in [-0.15, -0.1) is 0 Å². The van der Waals surface area contributed by atoms with E-state index in [1.165, 1.54) is 18.2 Å². The topological polar surface area (TPSA) is 115 Å². The summed E-state index contributed by atoms with van der Waals surface area (Å²) in [5, 5.41) is 10.3. The van der Waals surface area contributed by atoms with Gasteiger partial charge < -0.3 is 0 Å². The van der Waals surface area contributed by atoms with Crippen LogP contribution in [0.1, 0.15) is 0 Å². The molecule has 1 N–H and O–H groups in total. The number of non-ortho nitro benzene ring substituents is 1. The first kappa shape index (κ1) is 15.4. The van der Waals surface area contributed by atoms with Crippen LogP contribution >= 0.6 is 23.2 Å². The molecule has 0 amide bonds. The van der Waals surface area contributed by atoms with E-state index in [0.29, 0.717) is 0 Å². The molecule has 0 unspecified atom stereocenters. The number of nitro groups is 1. The van der Waals surface area contributed by atoms with E-state index in [1.54, 1.807) is 0 Å². The third-order valence-electron chi connectivity index (χ3n) is 2.33. The van der Waals surface area contributed by atoms with Crippen molar-refractivity contribution in [3.05, 3.63) is 51.0 Å². The molecule has 0 atom stereocenters. The number of sulfonamides is 1. The Labute approximate surface area is 128 Å². The second-order valence-electron chi connectivity index (χ2n) is 3.69. The van der Waals surface area contributed by atoms with Crippen LogP contribution in [0, 0.1) is 10.1 Å². The zero-order chi connectivity index (χ0) is 15.6. The maximum absolute atomic E-state index is 12.2. The summed E-state index contributed by atoms with van der Waals surface area (Å²) in [6.45, 7) is 0. The van der Waals surface area contributed by atoms with Gasteiger partial charge in [-0.25, -0.2) is 18.4 Å². The number of nitro benzene ring substituents is 1. The minimum Gasteiger partial charge on any atom is -0.274 e. The summed E-state index contributed by atoms with van der Waals surface area (Å²) < 4.78 is 26.4. The first-order chi connectivity index (χ1) is 9.81. The molecule has 0 spiro atoms. The predicted octanol–water partition coefficient (Wildman–Crippen LogP) is 2.49. The standard InChI is InChI=1S/C10H6Cl2N4O4S/c11-9-8(10(12)14-5-13-9)15-21(19,20)7-3-1-2-6(4-7)16(17)18/h1-5,15H. The van der Waals surface area contributed by atoms with Crippen LogP contribution < -0.4 is 4.72 Å². The minimum absolute atomic E-state index is 0.191. The Kier molecular flexibility index (Phi) is 4.26. The lowest BCUT2D eigenvalue weighted by Gasteiger charge is -2.09. The normalized spacial score (nSPS) is 11.1. The van der Waals surface area contributed by atoms with Gasteiger partial charge in [-0.05, 0) is 6.07 Å². The largest absolute Gasteiger partial charge is 0.274 e. The molecule has 0 saturated carbocycles. The Bertz CT molecular complexity index is 792. The lowest BCUT2D eigenvalue weighted by Crippen LogP contribution is -2.14. The van der Waals surface area contributed by atoms with Gasteiger partial charge in [0.25, 0.3) is 15.7 Å². The quantitative estimate of drug-likeness (QED) is 0.515. The summed E-state index contributed by atoms with van der Waals surface area (Å²) in [5.74, 6) is 0. The number of nitrogens with one attached hydrogen (secondary N) is 1. The lowest BCUT2D eigenvalue weighted by atomic mass is 10.3. The van der Waals surface area contributed by atoms with Gasteiger partial charge in [-0.3, -0.25) is 14.8 Å². The molecule has 110 valence electrons. The van der Waals surface area contributed by atoms with Crippen LogP contribution in [0.5, 0.6) is 0 Å². The summed E-state index contributed by atoms with van der Waals surface area (Å²) in [6, 6.07) is 4.52.